The highest BCUT2D eigenvalue weighted by Gasteiger charge is 2.16. The molecule has 0 aliphatic carbocycles. The molecule has 3 aromatic rings. The van der Waals surface area contributed by atoms with Gasteiger partial charge < -0.3 is 9.32 Å². The van der Waals surface area contributed by atoms with Crippen LogP contribution in [0.25, 0.3) is 11.5 Å². The normalized spacial score (nSPS) is 15.6. The monoisotopic (exact) mass is 428 g/mol. The number of benzene rings is 2. The summed E-state index contributed by atoms with van der Waals surface area (Å²) in [7, 11) is 0. The van der Waals surface area contributed by atoms with Gasteiger partial charge in [0.15, 0.2) is 0 Å². The summed E-state index contributed by atoms with van der Waals surface area (Å²) in [6.45, 7) is 6.71. The Morgan fingerprint density at radius 3 is 2.38 bits per heavy atom. The molecule has 0 unspecified atom stereocenters. The van der Waals surface area contributed by atoms with Crippen LogP contribution in [-0.4, -0.2) is 58.5 Å². The lowest BCUT2D eigenvalue weighted by Gasteiger charge is -2.34. The van der Waals surface area contributed by atoms with Crippen LogP contribution in [0, 0.1) is 0 Å². The van der Waals surface area contributed by atoms with Crippen LogP contribution in [0.4, 0.5) is 0 Å². The minimum Gasteiger partial charge on any atom is -0.411 e. The average Bonchev–Trinajstić information content (AvgIpc) is 3.23. The first-order chi connectivity index (χ1) is 14.3. The topological polar surface area (TPSA) is 45.4 Å². The molecule has 2 heterocycles. The van der Waals surface area contributed by atoms with Gasteiger partial charge in [-0.25, -0.2) is 0 Å². The summed E-state index contributed by atoms with van der Waals surface area (Å²) in [6.07, 6.45) is 1.11. The van der Waals surface area contributed by atoms with Crippen molar-refractivity contribution in [3.05, 3.63) is 65.2 Å². The maximum Gasteiger partial charge on any atom is 0.276 e. The van der Waals surface area contributed by atoms with E-state index < -0.39 is 0 Å². The Morgan fingerprint density at radius 2 is 1.62 bits per heavy atom. The highest BCUT2D eigenvalue weighted by molar-refractivity contribution is 7.99. The number of thioether (sulfide) groups is 1. The van der Waals surface area contributed by atoms with Gasteiger partial charge in [0, 0.05) is 49.1 Å². The standard InChI is InChI=1S/C22H25ClN4OS/c23-20-9-7-19(8-10-20)21-24-25-22(28-21)29-16-4-11-26-12-14-27(15-13-26)17-18-5-2-1-3-6-18/h1-3,5-10H,4,11-17H2. The van der Waals surface area contributed by atoms with Gasteiger partial charge in [-0.3, -0.25) is 4.90 Å². The molecule has 152 valence electrons. The van der Waals surface area contributed by atoms with E-state index in [2.05, 4.69) is 50.3 Å². The summed E-state index contributed by atoms with van der Waals surface area (Å²) in [5.41, 5.74) is 2.29. The molecule has 5 nitrogen and oxygen atoms in total. The summed E-state index contributed by atoms with van der Waals surface area (Å²) < 4.78 is 5.75. The molecular formula is C22H25ClN4OS. The molecule has 0 amide bonds. The van der Waals surface area contributed by atoms with Gasteiger partial charge >= 0.3 is 0 Å². The first-order valence-electron chi connectivity index (χ1n) is 9.97. The van der Waals surface area contributed by atoms with Crippen molar-refractivity contribution in [1.29, 1.82) is 0 Å². The van der Waals surface area contributed by atoms with Crippen LogP contribution >= 0.6 is 23.4 Å². The molecule has 0 N–H and O–H groups in total. The van der Waals surface area contributed by atoms with Crippen molar-refractivity contribution in [3.8, 4) is 11.5 Å². The fourth-order valence-electron chi connectivity index (χ4n) is 3.44. The predicted octanol–water partition coefficient (Wildman–Crippen LogP) is 4.69. The Labute approximate surface area is 181 Å². The summed E-state index contributed by atoms with van der Waals surface area (Å²) >= 11 is 7.55. The van der Waals surface area contributed by atoms with Crippen molar-refractivity contribution in [1.82, 2.24) is 20.0 Å². The Bertz CT molecular complexity index is 879. The Hall–Kier alpha value is -1.86. The van der Waals surface area contributed by atoms with Crippen LogP contribution in [0.15, 0.2) is 64.2 Å². The van der Waals surface area contributed by atoms with Crippen LogP contribution in [0.5, 0.6) is 0 Å². The zero-order valence-electron chi connectivity index (χ0n) is 16.3. The molecule has 0 saturated carbocycles. The van der Waals surface area contributed by atoms with E-state index in [1.165, 1.54) is 5.56 Å². The van der Waals surface area contributed by atoms with Gasteiger partial charge in [0.2, 0.25) is 5.89 Å². The largest absolute Gasteiger partial charge is 0.411 e. The van der Waals surface area contributed by atoms with Gasteiger partial charge in [0.1, 0.15) is 0 Å². The Morgan fingerprint density at radius 1 is 0.897 bits per heavy atom. The molecular weight excluding hydrogens is 404 g/mol. The molecule has 1 fully saturated rings. The summed E-state index contributed by atoms with van der Waals surface area (Å²) in [5.74, 6) is 1.52. The first kappa shape index (κ1) is 20.4. The maximum absolute atomic E-state index is 5.92. The van der Waals surface area contributed by atoms with Crippen LogP contribution < -0.4 is 0 Å². The van der Waals surface area contributed by atoms with Crippen LogP contribution in [0.2, 0.25) is 5.02 Å². The summed E-state index contributed by atoms with van der Waals surface area (Å²) in [6, 6.07) is 18.2. The molecule has 4 rings (SSSR count). The van der Waals surface area contributed by atoms with Crippen LogP contribution in [0.1, 0.15) is 12.0 Å². The molecule has 0 atom stereocenters. The lowest BCUT2D eigenvalue weighted by atomic mass is 10.2. The van der Waals surface area contributed by atoms with E-state index in [4.69, 9.17) is 16.0 Å². The Balaban J connectivity index is 1.14. The molecule has 0 bridgehead atoms. The molecule has 1 aliphatic rings. The molecule has 2 aromatic carbocycles. The number of halogens is 1. The van der Waals surface area contributed by atoms with Gasteiger partial charge in [0.05, 0.1) is 0 Å². The SMILES string of the molecule is Clc1ccc(-c2nnc(SCCCN3CCN(Cc4ccccc4)CC3)o2)cc1. The molecule has 0 spiro atoms. The molecule has 7 heteroatoms. The van der Waals surface area contributed by atoms with E-state index >= 15 is 0 Å². The number of aromatic nitrogens is 2. The fourth-order valence-corrected chi connectivity index (χ4v) is 4.25. The van der Waals surface area contributed by atoms with E-state index in [0.717, 1.165) is 57.0 Å². The highest BCUT2D eigenvalue weighted by Crippen LogP contribution is 2.24. The van der Waals surface area contributed by atoms with E-state index in [-0.39, 0.29) is 0 Å². The van der Waals surface area contributed by atoms with Gasteiger partial charge in [-0.1, -0.05) is 53.7 Å². The van der Waals surface area contributed by atoms with Crippen molar-refractivity contribution in [2.75, 3.05) is 38.5 Å². The van der Waals surface area contributed by atoms with Crippen molar-refractivity contribution < 1.29 is 4.42 Å². The van der Waals surface area contributed by atoms with Crippen LogP contribution in [-0.2, 0) is 6.54 Å². The second-order valence-corrected chi connectivity index (χ2v) is 8.67. The number of nitrogens with zero attached hydrogens (tertiary/aromatic N) is 4. The maximum atomic E-state index is 5.92. The zero-order valence-corrected chi connectivity index (χ0v) is 17.9. The molecule has 0 radical (unpaired) electrons. The van der Waals surface area contributed by atoms with E-state index in [0.29, 0.717) is 16.1 Å². The van der Waals surface area contributed by atoms with Crippen LogP contribution in [0.3, 0.4) is 0 Å². The lowest BCUT2D eigenvalue weighted by molar-refractivity contribution is 0.127. The number of rotatable bonds is 8. The number of hydrogen-bond donors (Lipinski definition) is 0. The first-order valence-corrected chi connectivity index (χ1v) is 11.3. The second kappa shape index (κ2) is 10.3. The third kappa shape index (κ3) is 6.06. The van der Waals surface area contributed by atoms with Crippen molar-refractivity contribution in [2.24, 2.45) is 0 Å². The fraction of sp³-hybridized carbons (Fsp3) is 0.364. The molecule has 1 aromatic heterocycles. The summed E-state index contributed by atoms with van der Waals surface area (Å²) in [5, 5.41) is 9.60. The van der Waals surface area contributed by atoms with Crippen molar-refractivity contribution >= 4 is 23.4 Å². The van der Waals surface area contributed by atoms with E-state index in [1.54, 1.807) is 11.8 Å². The highest BCUT2D eigenvalue weighted by atomic mass is 35.5. The van der Waals surface area contributed by atoms with E-state index in [1.807, 2.05) is 24.3 Å². The van der Waals surface area contributed by atoms with Gasteiger partial charge in [-0.2, -0.15) is 0 Å². The summed E-state index contributed by atoms with van der Waals surface area (Å²) in [4.78, 5) is 5.09. The number of hydrogen-bond acceptors (Lipinski definition) is 6. The third-order valence-electron chi connectivity index (χ3n) is 5.06. The molecule has 1 aliphatic heterocycles. The minimum atomic E-state index is 0.540. The van der Waals surface area contributed by atoms with E-state index in [9.17, 15) is 0 Å². The Kier molecular flexibility index (Phi) is 7.22. The lowest BCUT2D eigenvalue weighted by Crippen LogP contribution is -2.46. The van der Waals surface area contributed by atoms with Gasteiger partial charge in [0.25, 0.3) is 5.22 Å². The second-order valence-electron chi connectivity index (χ2n) is 7.19. The third-order valence-corrected chi connectivity index (χ3v) is 6.21. The predicted molar refractivity (Wildman–Crippen MR) is 118 cm³/mol. The van der Waals surface area contributed by atoms with Gasteiger partial charge in [-0.15, -0.1) is 10.2 Å². The minimum absolute atomic E-state index is 0.540. The molecule has 29 heavy (non-hydrogen) atoms. The quantitative estimate of drug-likeness (QED) is 0.383. The van der Waals surface area contributed by atoms with Crippen molar-refractivity contribution in [3.63, 3.8) is 0 Å². The average molecular weight is 429 g/mol. The molecule has 1 saturated heterocycles. The number of piperazine rings is 1. The zero-order chi connectivity index (χ0) is 19.9. The van der Waals surface area contributed by atoms with Gasteiger partial charge in [-0.05, 0) is 42.8 Å². The van der Waals surface area contributed by atoms with Crippen molar-refractivity contribution in [2.45, 2.75) is 18.2 Å². The smallest absolute Gasteiger partial charge is 0.276 e.